The zero-order valence-electron chi connectivity index (χ0n) is 11.4. The highest BCUT2D eigenvalue weighted by molar-refractivity contribution is 5.18. The lowest BCUT2D eigenvalue weighted by Gasteiger charge is -2.40. The average Bonchev–Trinajstić information content (AvgIpc) is 2.25. The monoisotopic (exact) mass is 238 g/mol. The number of nitrogens with one attached hydrogen (secondary N) is 1. The van der Waals surface area contributed by atoms with Crippen LogP contribution in [0.5, 0.6) is 0 Å². The SMILES string of the molecule is CNC(Cc1cccc(F)c1)C(C)(C)N(C)C. The minimum atomic E-state index is -0.167. The van der Waals surface area contributed by atoms with Gasteiger partial charge in [0, 0.05) is 11.6 Å². The van der Waals surface area contributed by atoms with Gasteiger partial charge in [-0.15, -0.1) is 0 Å². The van der Waals surface area contributed by atoms with Crippen LogP contribution in [0.4, 0.5) is 4.39 Å². The highest BCUT2D eigenvalue weighted by atomic mass is 19.1. The van der Waals surface area contributed by atoms with Crippen LogP contribution in [0.2, 0.25) is 0 Å². The summed E-state index contributed by atoms with van der Waals surface area (Å²) in [5.41, 5.74) is 1.04. The predicted molar refractivity (Wildman–Crippen MR) is 70.7 cm³/mol. The molecule has 1 aromatic rings. The lowest BCUT2D eigenvalue weighted by atomic mass is 9.88. The quantitative estimate of drug-likeness (QED) is 0.846. The first-order chi connectivity index (χ1) is 7.87. The molecule has 1 N–H and O–H groups in total. The second-order valence-corrected chi connectivity index (χ2v) is 5.22. The third kappa shape index (κ3) is 3.51. The van der Waals surface area contributed by atoms with Gasteiger partial charge in [0.2, 0.25) is 0 Å². The van der Waals surface area contributed by atoms with Gasteiger partial charge in [-0.2, -0.15) is 0 Å². The molecule has 0 bridgehead atoms. The van der Waals surface area contributed by atoms with Crippen molar-refractivity contribution < 1.29 is 4.39 Å². The fraction of sp³-hybridized carbons (Fsp3) is 0.571. The number of halogens is 1. The Morgan fingerprint density at radius 3 is 2.47 bits per heavy atom. The summed E-state index contributed by atoms with van der Waals surface area (Å²) in [7, 11) is 6.08. The van der Waals surface area contributed by atoms with Crippen molar-refractivity contribution >= 4 is 0 Å². The molecule has 1 aromatic carbocycles. The molecule has 0 aliphatic carbocycles. The second kappa shape index (κ2) is 5.61. The summed E-state index contributed by atoms with van der Waals surface area (Å²) in [5.74, 6) is -0.167. The summed E-state index contributed by atoms with van der Waals surface area (Å²) in [4.78, 5) is 2.19. The smallest absolute Gasteiger partial charge is 0.123 e. The summed E-state index contributed by atoms with van der Waals surface area (Å²) < 4.78 is 13.1. The Morgan fingerprint density at radius 1 is 1.35 bits per heavy atom. The molecule has 96 valence electrons. The Bertz CT molecular complexity index is 361. The second-order valence-electron chi connectivity index (χ2n) is 5.22. The van der Waals surface area contributed by atoms with Crippen molar-refractivity contribution in [1.29, 1.82) is 0 Å². The van der Waals surface area contributed by atoms with Gasteiger partial charge in [0.1, 0.15) is 5.82 Å². The van der Waals surface area contributed by atoms with Gasteiger partial charge in [-0.1, -0.05) is 12.1 Å². The fourth-order valence-corrected chi connectivity index (χ4v) is 1.92. The Balaban J connectivity index is 2.84. The maximum Gasteiger partial charge on any atom is 0.123 e. The Kier molecular flexibility index (Phi) is 4.66. The highest BCUT2D eigenvalue weighted by Crippen LogP contribution is 2.19. The largest absolute Gasteiger partial charge is 0.315 e. The van der Waals surface area contributed by atoms with Crippen LogP contribution in [0.15, 0.2) is 24.3 Å². The standard InChI is InChI=1S/C14H23FN2/c1-14(2,17(4)5)13(16-3)10-11-7-6-8-12(15)9-11/h6-9,13,16H,10H2,1-5H3. The normalized spacial score (nSPS) is 14.1. The van der Waals surface area contributed by atoms with Gasteiger partial charge in [-0.25, -0.2) is 4.39 Å². The molecule has 1 atom stereocenters. The molecular formula is C14H23FN2. The van der Waals surface area contributed by atoms with Crippen LogP contribution >= 0.6 is 0 Å². The molecule has 0 aliphatic rings. The van der Waals surface area contributed by atoms with Crippen molar-refractivity contribution in [2.24, 2.45) is 0 Å². The summed E-state index contributed by atoms with van der Waals surface area (Å²) >= 11 is 0. The zero-order chi connectivity index (χ0) is 13.1. The molecule has 0 aliphatic heterocycles. The van der Waals surface area contributed by atoms with Crippen molar-refractivity contribution in [2.45, 2.75) is 31.8 Å². The number of likely N-dealkylation sites (N-methyl/N-ethyl adjacent to an activating group) is 2. The van der Waals surface area contributed by atoms with Crippen LogP contribution in [0.3, 0.4) is 0 Å². The van der Waals surface area contributed by atoms with Crippen molar-refractivity contribution in [2.75, 3.05) is 21.1 Å². The summed E-state index contributed by atoms with van der Waals surface area (Å²) in [5, 5.41) is 3.33. The zero-order valence-corrected chi connectivity index (χ0v) is 11.4. The van der Waals surface area contributed by atoms with Gasteiger partial charge in [-0.05, 0) is 59.1 Å². The van der Waals surface area contributed by atoms with Gasteiger partial charge in [0.05, 0.1) is 0 Å². The van der Waals surface area contributed by atoms with Crippen LogP contribution in [0.25, 0.3) is 0 Å². The predicted octanol–water partition coefficient (Wildman–Crippen LogP) is 2.30. The van der Waals surface area contributed by atoms with E-state index in [4.69, 9.17) is 0 Å². The van der Waals surface area contributed by atoms with E-state index in [2.05, 4.69) is 38.2 Å². The first kappa shape index (κ1) is 14.1. The number of benzene rings is 1. The van der Waals surface area contributed by atoms with Crippen molar-refractivity contribution in [3.63, 3.8) is 0 Å². The molecule has 0 saturated heterocycles. The third-order valence-electron chi connectivity index (χ3n) is 3.68. The molecule has 0 radical (unpaired) electrons. The lowest BCUT2D eigenvalue weighted by Crippen LogP contribution is -2.55. The van der Waals surface area contributed by atoms with E-state index in [1.807, 2.05) is 13.1 Å². The number of nitrogens with zero attached hydrogens (tertiary/aromatic N) is 1. The molecular weight excluding hydrogens is 215 g/mol. The van der Waals surface area contributed by atoms with Crippen LogP contribution in [0, 0.1) is 5.82 Å². The van der Waals surface area contributed by atoms with Gasteiger partial charge >= 0.3 is 0 Å². The van der Waals surface area contributed by atoms with E-state index in [1.165, 1.54) is 6.07 Å². The molecule has 2 nitrogen and oxygen atoms in total. The molecule has 0 saturated carbocycles. The number of hydrogen-bond acceptors (Lipinski definition) is 2. The lowest BCUT2D eigenvalue weighted by molar-refractivity contribution is 0.141. The van der Waals surface area contributed by atoms with E-state index < -0.39 is 0 Å². The number of rotatable bonds is 5. The fourth-order valence-electron chi connectivity index (χ4n) is 1.92. The van der Waals surface area contributed by atoms with Gasteiger partial charge in [0.15, 0.2) is 0 Å². The molecule has 3 heteroatoms. The van der Waals surface area contributed by atoms with E-state index in [-0.39, 0.29) is 17.4 Å². The van der Waals surface area contributed by atoms with Crippen LogP contribution < -0.4 is 5.32 Å². The van der Waals surface area contributed by atoms with Gasteiger partial charge < -0.3 is 10.2 Å². The van der Waals surface area contributed by atoms with Crippen LogP contribution in [0.1, 0.15) is 19.4 Å². The van der Waals surface area contributed by atoms with Crippen molar-refractivity contribution in [1.82, 2.24) is 10.2 Å². The Hall–Kier alpha value is -0.930. The van der Waals surface area contributed by atoms with E-state index in [1.54, 1.807) is 12.1 Å². The highest BCUT2D eigenvalue weighted by Gasteiger charge is 2.30. The third-order valence-corrected chi connectivity index (χ3v) is 3.68. The molecule has 0 spiro atoms. The topological polar surface area (TPSA) is 15.3 Å². The number of hydrogen-bond donors (Lipinski definition) is 1. The van der Waals surface area contributed by atoms with Gasteiger partial charge in [-0.3, -0.25) is 0 Å². The van der Waals surface area contributed by atoms with E-state index in [0.29, 0.717) is 0 Å². The van der Waals surface area contributed by atoms with Crippen molar-refractivity contribution in [3.8, 4) is 0 Å². The molecule has 0 amide bonds. The maximum atomic E-state index is 13.1. The minimum Gasteiger partial charge on any atom is -0.315 e. The van der Waals surface area contributed by atoms with E-state index in [9.17, 15) is 4.39 Å². The molecule has 1 unspecified atom stereocenters. The van der Waals surface area contributed by atoms with Crippen LogP contribution in [-0.2, 0) is 6.42 Å². The Labute approximate surface area is 104 Å². The maximum absolute atomic E-state index is 13.1. The molecule has 1 rings (SSSR count). The summed E-state index contributed by atoms with van der Waals surface area (Å²) in [6, 6.07) is 7.10. The van der Waals surface area contributed by atoms with Crippen molar-refractivity contribution in [3.05, 3.63) is 35.6 Å². The molecule has 0 fully saturated rings. The molecule has 0 aromatic heterocycles. The molecule has 17 heavy (non-hydrogen) atoms. The molecule has 0 heterocycles. The first-order valence-electron chi connectivity index (χ1n) is 5.97. The van der Waals surface area contributed by atoms with E-state index >= 15 is 0 Å². The minimum absolute atomic E-state index is 0.0149. The summed E-state index contributed by atoms with van der Waals surface area (Å²) in [6.07, 6.45) is 0.819. The van der Waals surface area contributed by atoms with Gasteiger partial charge in [0.25, 0.3) is 0 Å². The first-order valence-corrected chi connectivity index (χ1v) is 5.97. The summed E-state index contributed by atoms with van der Waals surface area (Å²) in [6.45, 7) is 4.38. The average molecular weight is 238 g/mol. The van der Waals surface area contributed by atoms with E-state index in [0.717, 1.165) is 12.0 Å². The van der Waals surface area contributed by atoms with Crippen LogP contribution in [-0.4, -0.2) is 37.6 Å². The Morgan fingerprint density at radius 2 is 2.00 bits per heavy atom.